The van der Waals surface area contributed by atoms with Crippen LogP contribution in [0.3, 0.4) is 0 Å². The Labute approximate surface area is 216 Å². The molecule has 0 N–H and O–H groups in total. The Morgan fingerprint density at radius 1 is 1.03 bits per heavy atom. The van der Waals surface area contributed by atoms with Gasteiger partial charge in [-0.25, -0.2) is 22.6 Å². The van der Waals surface area contributed by atoms with Gasteiger partial charge in [0.05, 0.1) is 11.2 Å². The SMILES string of the molecule is CCS(=O)(=O)c1cc(-c2cccc(OC(F)(F)F)c2)cnc1-n1nc2ccc(C3(C(F)(F)F)CC3)cn2c1=O. The minimum absolute atomic E-state index is 0.0375. The zero-order chi connectivity index (χ0) is 28.4. The van der Waals surface area contributed by atoms with Crippen molar-refractivity contribution < 1.29 is 39.5 Å². The van der Waals surface area contributed by atoms with Gasteiger partial charge >= 0.3 is 18.2 Å². The summed E-state index contributed by atoms with van der Waals surface area (Å²) < 4.78 is 110. The molecule has 0 aliphatic heterocycles. The molecule has 1 fully saturated rings. The third-order valence-corrected chi connectivity index (χ3v) is 8.24. The second-order valence-electron chi connectivity index (χ2n) is 8.95. The number of benzene rings is 1. The van der Waals surface area contributed by atoms with Gasteiger partial charge in [0, 0.05) is 18.0 Å². The summed E-state index contributed by atoms with van der Waals surface area (Å²) >= 11 is 0. The lowest BCUT2D eigenvalue weighted by Gasteiger charge is -2.19. The first-order valence-corrected chi connectivity index (χ1v) is 13.1. The van der Waals surface area contributed by atoms with Gasteiger partial charge in [-0.3, -0.25) is 0 Å². The van der Waals surface area contributed by atoms with Crippen molar-refractivity contribution >= 4 is 15.5 Å². The Morgan fingerprint density at radius 2 is 1.74 bits per heavy atom. The third kappa shape index (κ3) is 4.75. The first-order valence-electron chi connectivity index (χ1n) is 11.4. The number of alkyl halides is 6. The highest BCUT2D eigenvalue weighted by molar-refractivity contribution is 7.91. The van der Waals surface area contributed by atoms with Crippen molar-refractivity contribution in [3.63, 3.8) is 0 Å². The van der Waals surface area contributed by atoms with E-state index in [1.54, 1.807) is 0 Å². The van der Waals surface area contributed by atoms with Crippen LogP contribution < -0.4 is 10.4 Å². The van der Waals surface area contributed by atoms with Crippen molar-refractivity contribution in [2.45, 2.75) is 42.6 Å². The molecule has 3 heterocycles. The zero-order valence-corrected chi connectivity index (χ0v) is 20.7. The molecule has 1 saturated carbocycles. The highest BCUT2D eigenvalue weighted by atomic mass is 32.2. The molecule has 0 saturated heterocycles. The van der Waals surface area contributed by atoms with E-state index in [1.165, 1.54) is 31.2 Å². The molecule has 39 heavy (non-hydrogen) atoms. The molecule has 4 aromatic rings. The number of hydrogen-bond donors (Lipinski definition) is 0. The summed E-state index contributed by atoms with van der Waals surface area (Å²) in [6.07, 6.45) is -7.52. The summed E-state index contributed by atoms with van der Waals surface area (Å²) in [4.78, 5) is 16.8. The zero-order valence-electron chi connectivity index (χ0n) is 19.9. The highest BCUT2D eigenvalue weighted by Crippen LogP contribution is 2.58. The Balaban J connectivity index is 1.64. The fourth-order valence-electron chi connectivity index (χ4n) is 4.27. The highest BCUT2D eigenvalue weighted by Gasteiger charge is 2.64. The topological polar surface area (TPSA) is 95.6 Å². The fraction of sp³-hybridized carbons (Fsp3) is 0.292. The molecule has 206 valence electrons. The Kier molecular flexibility index (Phi) is 6.05. The van der Waals surface area contributed by atoms with Crippen LogP contribution in [0.2, 0.25) is 0 Å². The van der Waals surface area contributed by atoms with Crippen molar-refractivity contribution in [1.82, 2.24) is 19.2 Å². The Hall–Kier alpha value is -3.88. The van der Waals surface area contributed by atoms with E-state index in [0.29, 0.717) is 4.68 Å². The molecular weight excluding hydrogens is 554 g/mol. The van der Waals surface area contributed by atoms with Crippen molar-refractivity contribution in [2.75, 3.05) is 5.75 Å². The smallest absolute Gasteiger partial charge is 0.406 e. The number of rotatable bonds is 6. The maximum Gasteiger partial charge on any atom is 0.573 e. The van der Waals surface area contributed by atoms with E-state index in [0.717, 1.165) is 35.0 Å². The van der Waals surface area contributed by atoms with E-state index in [9.17, 15) is 39.6 Å². The van der Waals surface area contributed by atoms with E-state index >= 15 is 0 Å². The number of aromatic nitrogens is 4. The van der Waals surface area contributed by atoms with Crippen LogP contribution in [0.15, 0.2) is 64.5 Å². The molecule has 3 aromatic heterocycles. The van der Waals surface area contributed by atoms with E-state index in [2.05, 4.69) is 14.8 Å². The van der Waals surface area contributed by atoms with E-state index in [4.69, 9.17) is 0 Å². The molecule has 1 aliphatic carbocycles. The van der Waals surface area contributed by atoms with Crippen LogP contribution in [-0.2, 0) is 15.3 Å². The number of ether oxygens (including phenoxy) is 1. The molecule has 0 bridgehead atoms. The number of fused-ring (bicyclic) bond motifs is 1. The minimum Gasteiger partial charge on any atom is -0.406 e. The van der Waals surface area contributed by atoms with Crippen molar-refractivity contribution in [3.05, 3.63) is 70.9 Å². The van der Waals surface area contributed by atoms with Crippen LogP contribution >= 0.6 is 0 Å². The monoisotopic (exact) mass is 572 g/mol. The molecule has 0 atom stereocenters. The molecule has 15 heteroatoms. The van der Waals surface area contributed by atoms with E-state index < -0.39 is 55.7 Å². The summed E-state index contributed by atoms with van der Waals surface area (Å²) in [5.74, 6) is -1.36. The quantitative estimate of drug-likeness (QED) is 0.307. The number of pyridine rings is 2. The summed E-state index contributed by atoms with van der Waals surface area (Å²) in [6, 6.07) is 8.39. The van der Waals surface area contributed by atoms with Crippen LogP contribution in [-0.4, -0.2) is 45.9 Å². The lowest BCUT2D eigenvalue weighted by atomic mass is 9.97. The van der Waals surface area contributed by atoms with E-state index in [1.807, 2.05) is 0 Å². The molecule has 1 aliphatic rings. The Morgan fingerprint density at radius 3 is 2.36 bits per heavy atom. The number of halogens is 6. The minimum atomic E-state index is -4.94. The average molecular weight is 572 g/mol. The third-order valence-electron chi connectivity index (χ3n) is 6.51. The molecule has 0 amide bonds. The van der Waals surface area contributed by atoms with Crippen LogP contribution in [0.5, 0.6) is 5.75 Å². The molecule has 8 nitrogen and oxygen atoms in total. The van der Waals surface area contributed by atoms with Crippen molar-refractivity contribution in [3.8, 4) is 22.7 Å². The lowest BCUT2D eigenvalue weighted by molar-refractivity contribution is -0.274. The predicted octanol–water partition coefficient (Wildman–Crippen LogP) is 4.83. The van der Waals surface area contributed by atoms with Gasteiger partial charge in [-0.2, -0.15) is 17.9 Å². The second kappa shape index (κ2) is 8.83. The number of sulfone groups is 1. The van der Waals surface area contributed by atoms with Gasteiger partial charge in [0.2, 0.25) is 0 Å². The van der Waals surface area contributed by atoms with Crippen LogP contribution in [0.25, 0.3) is 22.6 Å². The second-order valence-corrected chi connectivity index (χ2v) is 11.2. The summed E-state index contributed by atoms with van der Waals surface area (Å²) in [5, 5.41) is 4.07. The molecule has 0 radical (unpaired) electrons. The largest absolute Gasteiger partial charge is 0.573 e. The first-order chi connectivity index (χ1) is 18.1. The number of nitrogens with zero attached hydrogens (tertiary/aromatic N) is 4. The molecule has 1 aromatic carbocycles. The average Bonchev–Trinajstić information content (AvgIpc) is 3.63. The van der Waals surface area contributed by atoms with Gasteiger partial charge in [0.25, 0.3) is 0 Å². The van der Waals surface area contributed by atoms with Gasteiger partial charge in [-0.1, -0.05) is 25.1 Å². The van der Waals surface area contributed by atoms with Crippen molar-refractivity contribution in [2.24, 2.45) is 0 Å². The molecule has 0 unspecified atom stereocenters. The fourth-order valence-corrected chi connectivity index (χ4v) is 5.30. The van der Waals surface area contributed by atoms with Gasteiger partial charge in [-0.15, -0.1) is 18.3 Å². The van der Waals surface area contributed by atoms with E-state index in [-0.39, 0.29) is 35.2 Å². The summed E-state index contributed by atoms with van der Waals surface area (Å²) in [5.41, 5.74) is -2.89. The standard InChI is InChI=1S/C24H18F6N4O4S/c1-2-39(36,37)18-11-15(14-4-3-5-17(10-14)38-24(28,29)30)12-31-20(18)34-21(35)33-13-16(6-7-19(33)32-34)22(8-9-22)23(25,26)27/h3-7,10-13H,2,8-9H2,1H3. The molecule has 0 spiro atoms. The Bertz CT molecular complexity index is 1750. The summed E-state index contributed by atoms with van der Waals surface area (Å²) in [7, 11) is -4.07. The lowest BCUT2D eigenvalue weighted by Crippen LogP contribution is -2.29. The first kappa shape index (κ1) is 26.7. The van der Waals surface area contributed by atoms with Gasteiger partial charge in [0.1, 0.15) is 10.6 Å². The number of hydrogen-bond acceptors (Lipinski definition) is 6. The summed E-state index contributed by atoms with van der Waals surface area (Å²) in [6.45, 7) is 1.34. The van der Waals surface area contributed by atoms with Crippen LogP contribution in [0, 0.1) is 0 Å². The maximum absolute atomic E-state index is 13.6. The van der Waals surface area contributed by atoms with Gasteiger partial charge in [0.15, 0.2) is 21.3 Å². The van der Waals surface area contributed by atoms with Gasteiger partial charge in [-0.05, 0) is 48.2 Å². The maximum atomic E-state index is 13.6. The van der Waals surface area contributed by atoms with Crippen molar-refractivity contribution in [1.29, 1.82) is 0 Å². The predicted molar refractivity (Wildman–Crippen MR) is 125 cm³/mol. The normalized spacial score (nSPS) is 15.5. The molecular formula is C24H18F6N4O4S. The van der Waals surface area contributed by atoms with Gasteiger partial charge < -0.3 is 4.74 Å². The van der Waals surface area contributed by atoms with Crippen LogP contribution in [0.1, 0.15) is 25.3 Å². The van der Waals surface area contributed by atoms with Crippen LogP contribution in [0.4, 0.5) is 26.3 Å². The molecule has 5 rings (SSSR count).